The molecule has 0 saturated heterocycles. The molecule has 3 aliphatic rings. The number of nitriles is 1. The zero-order valence-electron chi connectivity index (χ0n) is 16.6. The second kappa shape index (κ2) is 6.92. The van der Waals surface area contributed by atoms with E-state index in [0.717, 1.165) is 42.0 Å². The van der Waals surface area contributed by atoms with Crippen LogP contribution in [0.4, 0.5) is 11.6 Å². The lowest BCUT2D eigenvalue weighted by Crippen LogP contribution is -2.24. The Labute approximate surface area is 177 Å². The van der Waals surface area contributed by atoms with Crippen LogP contribution in [0, 0.1) is 23.2 Å². The Bertz CT molecular complexity index is 1190. The Morgan fingerprint density at radius 2 is 2.10 bits per heavy atom. The van der Waals surface area contributed by atoms with E-state index >= 15 is 0 Å². The Hall–Kier alpha value is -3.71. The van der Waals surface area contributed by atoms with Gasteiger partial charge in [0, 0.05) is 24.4 Å². The molecule has 0 aromatic carbocycles. The Balaban J connectivity index is 1.31. The van der Waals surface area contributed by atoms with Gasteiger partial charge in [0.05, 0.1) is 42.1 Å². The van der Waals surface area contributed by atoms with Crippen LogP contribution in [0.1, 0.15) is 24.2 Å². The van der Waals surface area contributed by atoms with E-state index in [-0.39, 0.29) is 17.8 Å². The van der Waals surface area contributed by atoms with Crippen molar-refractivity contribution in [3.05, 3.63) is 36.0 Å². The smallest absolute Gasteiger partial charge is 0.158 e. The maximum Gasteiger partial charge on any atom is 0.158 e. The van der Waals surface area contributed by atoms with Gasteiger partial charge in [0.2, 0.25) is 0 Å². The fourth-order valence-electron chi connectivity index (χ4n) is 4.61. The van der Waals surface area contributed by atoms with Crippen LogP contribution in [0.25, 0.3) is 11.3 Å². The molecule has 0 radical (unpaired) electrons. The third-order valence-electron chi connectivity index (χ3n) is 6.23. The molecule has 10 heteroatoms. The van der Waals surface area contributed by atoms with Crippen LogP contribution in [0.5, 0.6) is 11.5 Å². The molecule has 3 aromatic rings. The zero-order valence-corrected chi connectivity index (χ0v) is 16.6. The number of aromatic nitrogens is 5. The molecule has 4 N–H and O–H groups in total. The second-order valence-corrected chi connectivity index (χ2v) is 8.18. The molecule has 6 rings (SSSR count). The van der Waals surface area contributed by atoms with E-state index in [4.69, 9.17) is 20.5 Å². The van der Waals surface area contributed by atoms with Gasteiger partial charge in [-0.25, -0.2) is 9.97 Å². The summed E-state index contributed by atoms with van der Waals surface area (Å²) in [4.78, 5) is 12.7. The minimum atomic E-state index is 0.106. The van der Waals surface area contributed by atoms with Gasteiger partial charge < -0.3 is 20.5 Å². The number of hydrogen-bond acceptors (Lipinski definition) is 9. The average Bonchev–Trinajstić information content (AvgIpc) is 3.07. The normalized spacial score (nSPS) is 25.3. The number of nitrogens with zero attached hydrogens (tertiary/aromatic N) is 5. The lowest BCUT2D eigenvalue weighted by Gasteiger charge is -2.19. The SMILES string of the molecule is N#Cc1cnc(Nc2cc(-c3c(O[C@H]4C[C@H](N)[C@H]5C[C@H]54)cnc4c3OCC4)[nH]n2)cn1. The number of fused-ring (bicyclic) bond motifs is 2. The molecule has 4 heterocycles. The van der Waals surface area contributed by atoms with Gasteiger partial charge in [-0.2, -0.15) is 10.4 Å². The number of H-pyrrole nitrogens is 1. The van der Waals surface area contributed by atoms with Crippen LogP contribution < -0.4 is 20.5 Å². The summed E-state index contributed by atoms with van der Waals surface area (Å²) in [5.41, 5.74) is 8.98. The summed E-state index contributed by atoms with van der Waals surface area (Å²) in [6, 6.07) is 4.03. The lowest BCUT2D eigenvalue weighted by atomic mass is 10.1. The van der Waals surface area contributed by atoms with E-state index in [1.807, 2.05) is 12.1 Å². The van der Waals surface area contributed by atoms with E-state index in [0.29, 0.717) is 35.8 Å². The number of nitrogens with one attached hydrogen (secondary N) is 2. The summed E-state index contributed by atoms with van der Waals surface area (Å²) in [5.74, 6) is 3.59. The molecule has 0 bridgehead atoms. The van der Waals surface area contributed by atoms with Gasteiger partial charge in [0.1, 0.15) is 18.0 Å². The molecule has 4 atom stereocenters. The number of hydrogen-bond donors (Lipinski definition) is 3. The fourth-order valence-corrected chi connectivity index (χ4v) is 4.61. The van der Waals surface area contributed by atoms with Crippen molar-refractivity contribution in [1.82, 2.24) is 25.1 Å². The van der Waals surface area contributed by atoms with Gasteiger partial charge in [-0.3, -0.25) is 10.1 Å². The van der Waals surface area contributed by atoms with Gasteiger partial charge in [-0.15, -0.1) is 0 Å². The number of aromatic amines is 1. The molecule has 2 aliphatic carbocycles. The molecule has 1 aliphatic heterocycles. The van der Waals surface area contributed by atoms with Crippen molar-refractivity contribution < 1.29 is 9.47 Å². The van der Waals surface area contributed by atoms with E-state index in [2.05, 4.69) is 30.5 Å². The third kappa shape index (κ3) is 3.14. The first-order valence-electron chi connectivity index (χ1n) is 10.3. The summed E-state index contributed by atoms with van der Waals surface area (Å²) < 4.78 is 12.3. The van der Waals surface area contributed by atoms with E-state index < -0.39 is 0 Å². The van der Waals surface area contributed by atoms with Crippen LogP contribution in [-0.4, -0.2) is 43.9 Å². The first-order chi connectivity index (χ1) is 15.2. The van der Waals surface area contributed by atoms with Crippen LogP contribution in [0.3, 0.4) is 0 Å². The number of nitrogens with two attached hydrogens (primary N) is 1. The van der Waals surface area contributed by atoms with Crippen LogP contribution >= 0.6 is 0 Å². The van der Waals surface area contributed by atoms with Gasteiger partial charge >= 0.3 is 0 Å². The largest absolute Gasteiger partial charge is 0.490 e. The highest BCUT2D eigenvalue weighted by atomic mass is 16.5. The molecule has 10 nitrogen and oxygen atoms in total. The summed E-state index contributed by atoms with van der Waals surface area (Å²) in [5, 5.41) is 19.4. The zero-order chi connectivity index (χ0) is 20.9. The van der Waals surface area contributed by atoms with Crippen molar-refractivity contribution in [3.8, 4) is 28.8 Å². The highest BCUT2D eigenvalue weighted by Gasteiger charge is 2.54. The van der Waals surface area contributed by atoms with Crippen LogP contribution in [-0.2, 0) is 6.42 Å². The Morgan fingerprint density at radius 1 is 1.16 bits per heavy atom. The molecule has 0 unspecified atom stereocenters. The van der Waals surface area contributed by atoms with Gasteiger partial charge in [0.15, 0.2) is 23.0 Å². The van der Waals surface area contributed by atoms with Gasteiger partial charge in [0.25, 0.3) is 0 Å². The summed E-state index contributed by atoms with van der Waals surface area (Å²) in [6.45, 7) is 0.595. The first-order valence-corrected chi connectivity index (χ1v) is 10.3. The predicted molar refractivity (Wildman–Crippen MR) is 110 cm³/mol. The molecule has 3 aromatic heterocycles. The summed E-state index contributed by atoms with van der Waals surface area (Å²) in [6.07, 6.45) is 7.55. The third-order valence-corrected chi connectivity index (χ3v) is 6.23. The minimum absolute atomic E-state index is 0.106. The van der Waals surface area contributed by atoms with Crippen molar-refractivity contribution >= 4 is 11.6 Å². The van der Waals surface area contributed by atoms with Gasteiger partial charge in [-0.1, -0.05) is 0 Å². The average molecular weight is 416 g/mol. The maximum atomic E-state index is 8.86. The molecule has 2 fully saturated rings. The van der Waals surface area contributed by atoms with E-state index in [9.17, 15) is 0 Å². The number of pyridine rings is 1. The molecule has 2 saturated carbocycles. The fraction of sp³-hybridized carbons (Fsp3) is 0.381. The van der Waals surface area contributed by atoms with Crippen molar-refractivity contribution in [2.24, 2.45) is 17.6 Å². The quantitative estimate of drug-likeness (QED) is 0.567. The monoisotopic (exact) mass is 416 g/mol. The molecular formula is C21H20N8O2. The van der Waals surface area contributed by atoms with Crippen molar-refractivity contribution in [1.29, 1.82) is 5.26 Å². The molecular weight excluding hydrogens is 396 g/mol. The van der Waals surface area contributed by atoms with Crippen LogP contribution in [0.2, 0.25) is 0 Å². The van der Waals surface area contributed by atoms with E-state index in [1.165, 1.54) is 12.4 Å². The predicted octanol–water partition coefficient (Wildman–Crippen LogP) is 1.93. The molecule has 0 spiro atoms. The summed E-state index contributed by atoms with van der Waals surface area (Å²) in [7, 11) is 0. The maximum absolute atomic E-state index is 8.86. The molecule has 31 heavy (non-hydrogen) atoms. The lowest BCUT2D eigenvalue weighted by molar-refractivity contribution is 0.183. The Kier molecular flexibility index (Phi) is 4.04. The van der Waals surface area contributed by atoms with E-state index in [1.54, 1.807) is 6.20 Å². The topological polar surface area (TPSA) is 148 Å². The van der Waals surface area contributed by atoms with Crippen molar-refractivity contribution in [2.75, 3.05) is 11.9 Å². The first kappa shape index (κ1) is 18.1. The standard InChI is InChI=1S/C21H20N8O2/c22-6-10-7-26-19(9-24-10)27-18-5-15(28-29-18)20-17(8-25-14-1-2-30-21(14)20)31-16-4-13(23)11-3-12(11)16/h5,7-9,11-13,16H,1-4,23H2,(H2,26,27,28,29)/t11-,12+,13-,16-/m0/s1. The Morgan fingerprint density at radius 3 is 2.84 bits per heavy atom. The highest BCUT2D eigenvalue weighted by Crippen LogP contribution is 2.53. The van der Waals surface area contributed by atoms with Crippen molar-refractivity contribution in [3.63, 3.8) is 0 Å². The van der Waals surface area contributed by atoms with Gasteiger partial charge in [-0.05, 0) is 18.8 Å². The number of ether oxygens (including phenoxy) is 2. The van der Waals surface area contributed by atoms with Crippen molar-refractivity contribution in [2.45, 2.75) is 31.4 Å². The molecule has 0 amide bonds. The second-order valence-electron chi connectivity index (χ2n) is 8.18. The number of anilines is 2. The highest BCUT2D eigenvalue weighted by molar-refractivity contribution is 5.77. The van der Waals surface area contributed by atoms with Crippen LogP contribution in [0.15, 0.2) is 24.7 Å². The number of rotatable bonds is 5. The molecule has 156 valence electrons. The summed E-state index contributed by atoms with van der Waals surface area (Å²) >= 11 is 0. The minimum Gasteiger partial charge on any atom is -0.490 e.